The Balaban J connectivity index is 2.47. The summed E-state index contributed by atoms with van der Waals surface area (Å²) in [6.07, 6.45) is -2.40. The first-order valence-electron chi connectivity index (χ1n) is 6.49. The average Bonchev–Trinajstić information content (AvgIpc) is 2.84. The van der Waals surface area contributed by atoms with Gasteiger partial charge in [0.1, 0.15) is 0 Å². The minimum Gasteiger partial charge on any atom is -0.313 e. The summed E-state index contributed by atoms with van der Waals surface area (Å²) in [6.45, 7) is 6.09. The Labute approximate surface area is 116 Å². The fourth-order valence-corrected chi connectivity index (χ4v) is 3.20. The number of halogens is 2. The molecule has 19 heavy (non-hydrogen) atoms. The van der Waals surface area contributed by atoms with Crippen molar-refractivity contribution in [3.63, 3.8) is 0 Å². The summed E-state index contributed by atoms with van der Waals surface area (Å²) in [5.41, 5.74) is -0.473. The largest absolute Gasteiger partial charge is 0.313 e. The fraction of sp³-hybridized carbons (Fsp3) is 0.467. The molecule has 4 heteroatoms. The van der Waals surface area contributed by atoms with E-state index < -0.39 is 11.8 Å². The molecule has 1 aromatic carbocycles. The van der Waals surface area contributed by atoms with Crippen LogP contribution in [0.25, 0.3) is 10.1 Å². The predicted molar refractivity (Wildman–Crippen MR) is 78.3 cm³/mol. The Morgan fingerprint density at radius 1 is 1.32 bits per heavy atom. The molecule has 0 aliphatic rings. The highest BCUT2D eigenvalue weighted by molar-refractivity contribution is 7.17. The van der Waals surface area contributed by atoms with Crippen LogP contribution in [0, 0.1) is 0 Å². The highest BCUT2D eigenvalue weighted by atomic mass is 32.1. The van der Waals surface area contributed by atoms with Crippen LogP contribution in [0.1, 0.15) is 26.3 Å². The average molecular weight is 283 g/mol. The molecule has 1 nitrogen and oxygen atoms in total. The van der Waals surface area contributed by atoms with Gasteiger partial charge in [0.05, 0.1) is 5.41 Å². The van der Waals surface area contributed by atoms with Gasteiger partial charge in [0.2, 0.25) is 6.43 Å². The number of alkyl halides is 2. The zero-order valence-corrected chi connectivity index (χ0v) is 12.2. The highest BCUT2D eigenvalue weighted by Crippen LogP contribution is 2.36. The Morgan fingerprint density at radius 3 is 2.68 bits per heavy atom. The summed E-state index contributed by atoms with van der Waals surface area (Å²) in [4.78, 5) is 0. The van der Waals surface area contributed by atoms with E-state index in [1.807, 2.05) is 43.5 Å². The molecule has 0 aliphatic heterocycles. The van der Waals surface area contributed by atoms with Gasteiger partial charge in [-0.1, -0.05) is 19.1 Å². The van der Waals surface area contributed by atoms with Crippen LogP contribution in [0.2, 0.25) is 0 Å². The molecule has 2 atom stereocenters. The van der Waals surface area contributed by atoms with Gasteiger partial charge in [-0.25, -0.2) is 8.78 Å². The molecule has 0 amide bonds. The second kappa shape index (κ2) is 5.55. The summed E-state index contributed by atoms with van der Waals surface area (Å²) in [5.74, 6) is 0. The van der Waals surface area contributed by atoms with Crippen molar-refractivity contribution in [3.8, 4) is 0 Å². The summed E-state index contributed by atoms with van der Waals surface area (Å²) < 4.78 is 28.3. The van der Waals surface area contributed by atoms with E-state index in [0.29, 0.717) is 12.1 Å². The van der Waals surface area contributed by atoms with Gasteiger partial charge in [-0.2, -0.15) is 0 Å². The van der Waals surface area contributed by atoms with Crippen LogP contribution < -0.4 is 5.32 Å². The summed E-state index contributed by atoms with van der Waals surface area (Å²) in [6, 6.07) is 7.39. The molecule has 2 rings (SSSR count). The highest BCUT2D eigenvalue weighted by Gasteiger charge is 2.41. The fourth-order valence-electron chi connectivity index (χ4n) is 2.37. The van der Waals surface area contributed by atoms with Crippen molar-refractivity contribution in [1.82, 2.24) is 5.32 Å². The lowest BCUT2D eigenvalue weighted by Gasteiger charge is -2.36. The van der Waals surface area contributed by atoms with Gasteiger partial charge in [-0.05, 0) is 48.9 Å². The molecular weight excluding hydrogens is 264 g/mol. The zero-order valence-electron chi connectivity index (χ0n) is 11.4. The van der Waals surface area contributed by atoms with Crippen LogP contribution in [0.5, 0.6) is 0 Å². The van der Waals surface area contributed by atoms with E-state index in [4.69, 9.17) is 0 Å². The van der Waals surface area contributed by atoms with E-state index in [-0.39, 0.29) is 6.04 Å². The first kappa shape index (κ1) is 14.4. The van der Waals surface area contributed by atoms with Crippen molar-refractivity contribution in [2.24, 2.45) is 0 Å². The van der Waals surface area contributed by atoms with E-state index >= 15 is 0 Å². The van der Waals surface area contributed by atoms with Crippen molar-refractivity contribution >= 4 is 21.4 Å². The van der Waals surface area contributed by atoms with Crippen LogP contribution in [-0.2, 0) is 5.41 Å². The number of nitrogens with one attached hydrogen (secondary N) is 1. The molecule has 2 aromatic rings. The van der Waals surface area contributed by atoms with E-state index in [2.05, 4.69) is 5.32 Å². The van der Waals surface area contributed by atoms with Gasteiger partial charge in [0.25, 0.3) is 0 Å². The van der Waals surface area contributed by atoms with E-state index in [1.54, 1.807) is 18.3 Å². The summed E-state index contributed by atoms with van der Waals surface area (Å²) >= 11 is 1.59. The molecule has 2 unspecified atom stereocenters. The number of likely N-dealkylation sites (N-methyl/N-ethyl adjacent to an activating group) is 1. The monoisotopic (exact) mass is 283 g/mol. The number of fused-ring (bicyclic) bond motifs is 1. The maximum atomic E-state index is 13.6. The molecule has 1 N–H and O–H groups in total. The van der Waals surface area contributed by atoms with Crippen molar-refractivity contribution < 1.29 is 8.78 Å². The Morgan fingerprint density at radius 2 is 2.05 bits per heavy atom. The van der Waals surface area contributed by atoms with Crippen molar-refractivity contribution in [2.75, 3.05) is 6.54 Å². The molecule has 104 valence electrons. The van der Waals surface area contributed by atoms with Gasteiger partial charge in [-0.15, -0.1) is 11.3 Å². The van der Waals surface area contributed by atoms with E-state index in [0.717, 1.165) is 10.1 Å². The van der Waals surface area contributed by atoms with E-state index in [9.17, 15) is 8.78 Å². The van der Waals surface area contributed by atoms with Crippen LogP contribution in [0.15, 0.2) is 29.6 Å². The topological polar surface area (TPSA) is 12.0 Å². The summed E-state index contributed by atoms with van der Waals surface area (Å²) in [5, 5.41) is 6.23. The normalized spacial score (nSPS) is 16.7. The lowest BCUT2D eigenvalue weighted by atomic mass is 9.76. The van der Waals surface area contributed by atoms with Gasteiger partial charge in [0.15, 0.2) is 0 Å². The van der Waals surface area contributed by atoms with Crippen molar-refractivity contribution in [2.45, 2.75) is 38.7 Å². The van der Waals surface area contributed by atoms with Crippen molar-refractivity contribution in [3.05, 3.63) is 35.2 Å². The van der Waals surface area contributed by atoms with Gasteiger partial charge >= 0.3 is 0 Å². The van der Waals surface area contributed by atoms with Gasteiger partial charge in [0, 0.05) is 10.7 Å². The zero-order chi connectivity index (χ0) is 14.0. The Bertz CT molecular complexity index is 552. The van der Waals surface area contributed by atoms with Crippen molar-refractivity contribution in [1.29, 1.82) is 0 Å². The maximum absolute atomic E-state index is 13.6. The predicted octanol–water partition coefficient (Wildman–Crippen LogP) is 4.42. The molecule has 0 aliphatic carbocycles. The smallest absolute Gasteiger partial charge is 0.249 e. The SMILES string of the molecule is CCNC(C)C(C)(c1ccc2ccsc2c1)C(F)F. The Kier molecular flexibility index (Phi) is 4.21. The maximum Gasteiger partial charge on any atom is 0.249 e. The number of hydrogen-bond donors (Lipinski definition) is 1. The number of thiophene rings is 1. The molecule has 0 radical (unpaired) electrons. The molecule has 0 saturated carbocycles. The molecule has 0 saturated heterocycles. The molecule has 0 spiro atoms. The number of benzene rings is 1. The third-order valence-electron chi connectivity index (χ3n) is 3.94. The molecular formula is C15H19F2NS. The van der Waals surface area contributed by atoms with Crippen LogP contribution in [-0.4, -0.2) is 19.0 Å². The van der Waals surface area contributed by atoms with Crippen LogP contribution in [0.4, 0.5) is 8.78 Å². The molecule has 0 bridgehead atoms. The Hall–Kier alpha value is -1.00. The lowest BCUT2D eigenvalue weighted by molar-refractivity contribution is 0.0395. The first-order chi connectivity index (χ1) is 9.00. The van der Waals surface area contributed by atoms with E-state index in [1.165, 1.54) is 0 Å². The molecule has 1 heterocycles. The minimum absolute atomic E-state index is 0.282. The quantitative estimate of drug-likeness (QED) is 0.856. The van der Waals surface area contributed by atoms with Crippen LogP contribution >= 0.6 is 11.3 Å². The van der Waals surface area contributed by atoms with Crippen LogP contribution in [0.3, 0.4) is 0 Å². The van der Waals surface area contributed by atoms with Gasteiger partial charge in [-0.3, -0.25) is 0 Å². The molecule has 1 aromatic heterocycles. The van der Waals surface area contributed by atoms with Gasteiger partial charge < -0.3 is 5.32 Å². The third kappa shape index (κ3) is 2.51. The lowest BCUT2D eigenvalue weighted by Crippen LogP contribution is -2.49. The summed E-state index contributed by atoms with van der Waals surface area (Å²) in [7, 11) is 0. The minimum atomic E-state index is -2.40. The number of hydrogen-bond acceptors (Lipinski definition) is 2. The second-order valence-electron chi connectivity index (χ2n) is 5.04. The first-order valence-corrected chi connectivity index (χ1v) is 7.37. The molecule has 0 fully saturated rings. The second-order valence-corrected chi connectivity index (χ2v) is 5.98. The third-order valence-corrected chi connectivity index (χ3v) is 4.82. The number of rotatable bonds is 5. The standard InChI is InChI=1S/C15H19F2NS/c1-4-18-10(2)15(3,14(16)17)12-6-5-11-7-8-19-13(11)9-12/h5-10,14,18H,4H2,1-3H3.